The van der Waals surface area contributed by atoms with Crippen LogP contribution in [0.5, 0.6) is 0 Å². The Hall–Kier alpha value is -0.935. The highest BCUT2D eigenvalue weighted by molar-refractivity contribution is 6.36. The molecule has 2 rings (SSSR count). The van der Waals surface area contributed by atoms with Crippen molar-refractivity contribution in [3.05, 3.63) is 11.4 Å². The Morgan fingerprint density at radius 3 is 3.00 bits per heavy atom. The number of H-pyrrole nitrogens is 1. The van der Waals surface area contributed by atoms with E-state index in [1.54, 1.807) is 6.82 Å². The monoisotopic (exact) mass is 213 g/mol. The summed E-state index contributed by atoms with van der Waals surface area (Å²) in [5.41, 5.74) is 0.382. The number of hydrogen-bond donors (Lipinski definition) is 1. The number of nitrogens with zero attached hydrogens (tertiary/aromatic N) is 2. The molecule has 0 saturated heterocycles. The molecule has 0 amide bonds. The fourth-order valence-electron chi connectivity index (χ4n) is 2.22. The molecule has 0 saturated carbocycles. The second-order valence-corrected chi connectivity index (χ2v) is 4.11. The van der Waals surface area contributed by atoms with Crippen LogP contribution in [0.4, 0.5) is 8.78 Å². The number of aromatic nitrogens is 3. The third-order valence-corrected chi connectivity index (χ3v) is 3.17. The zero-order chi connectivity index (χ0) is 10.9. The molecule has 0 aromatic carbocycles. The summed E-state index contributed by atoms with van der Waals surface area (Å²) in [5.74, 6) is -3.42. The molecule has 1 aliphatic rings. The Kier molecular flexibility index (Phi) is 2.75. The molecular formula is C9H14BF2N3. The maximum Gasteiger partial charge on any atom is 0.289 e. The van der Waals surface area contributed by atoms with Gasteiger partial charge in [0.25, 0.3) is 5.92 Å². The van der Waals surface area contributed by atoms with Crippen molar-refractivity contribution in [3.63, 3.8) is 0 Å². The summed E-state index contributed by atoms with van der Waals surface area (Å²) in [6.07, 6.45) is 3.00. The minimum Gasteiger partial charge on any atom is -0.262 e. The van der Waals surface area contributed by atoms with Gasteiger partial charge in [-0.05, 0) is 12.8 Å². The molecule has 1 heterocycles. The molecule has 3 nitrogen and oxygen atoms in total. The third-order valence-electron chi connectivity index (χ3n) is 3.17. The van der Waals surface area contributed by atoms with Crippen LogP contribution in [0.15, 0.2) is 0 Å². The van der Waals surface area contributed by atoms with Crippen molar-refractivity contribution in [2.24, 2.45) is 0 Å². The minimum absolute atomic E-state index is 0.131. The molecule has 6 heteroatoms. The number of hydrogen-bond acceptors (Lipinski definition) is 2. The molecule has 1 unspecified atom stereocenters. The van der Waals surface area contributed by atoms with E-state index in [0.717, 1.165) is 12.8 Å². The van der Waals surface area contributed by atoms with Crippen LogP contribution in [0.1, 0.15) is 30.7 Å². The van der Waals surface area contributed by atoms with Crippen molar-refractivity contribution in [2.45, 2.75) is 44.2 Å². The van der Waals surface area contributed by atoms with Gasteiger partial charge in [-0.3, -0.25) is 5.10 Å². The fraction of sp³-hybridized carbons (Fsp3) is 0.778. The molecule has 1 atom stereocenters. The first-order valence-corrected chi connectivity index (χ1v) is 5.44. The van der Waals surface area contributed by atoms with E-state index < -0.39 is 11.7 Å². The average Bonchev–Trinajstić information content (AvgIpc) is 2.64. The molecule has 0 spiro atoms. The summed E-state index contributed by atoms with van der Waals surface area (Å²) < 4.78 is 28.0. The molecule has 0 bridgehead atoms. The first-order valence-electron chi connectivity index (χ1n) is 5.44. The quantitative estimate of drug-likeness (QED) is 0.723. The lowest BCUT2D eigenvalue weighted by atomic mass is 9.60. The lowest BCUT2D eigenvalue weighted by Crippen LogP contribution is -2.27. The second kappa shape index (κ2) is 3.91. The molecule has 15 heavy (non-hydrogen) atoms. The number of halogens is 2. The van der Waals surface area contributed by atoms with Crippen LogP contribution in [0.2, 0.25) is 12.6 Å². The number of nitrogens with one attached hydrogen (secondary N) is 1. The van der Waals surface area contributed by atoms with E-state index in [-0.39, 0.29) is 5.69 Å². The lowest BCUT2D eigenvalue weighted by molar-refractivity contribution is -0.0221. The van der Waals surface area contributed by atoms with Gasteiger partial charge < -0.3 is 0 Å². The van der Waals surface area contributed by atoms with Crippen molar-refractivity contribution in [2.75, 3.05) is 0 Å². The van der Waals surface area contributed by atoms with E-state index in [2.05, 4.69) is 15.4 Å². The Bertz CT molecular complexity index is 340. The summed E-state index contributed by atoms with van der Waals surface area (Å²) in [6, 6.07) is 0. The van der Waals surface area contributed by atoms with Crippen molar-refractivity contribution in [3.8, 4) is 0 Å². The van der Waals surface area contributed by atoms with Crippen molar-refractivity contribution in [1.82, 2.24) is 15.4 Å². The van der Waals surface area contributed by atoms with Gasteiger partial charge in [0.2, 0.25) is 0 Å². The highest BCUT2D eigenvalue weighted by Gasteiger charge is 2.44. The SMILES string of the molecule is CBC1CCCCc2[nH]nnc2C1(F)F. The number of rotatable bonds is 1. The fourth-order valence-corrected chi connectivity index (χ4v) is 2.22. The molecule has 1 aliphatic carbocycles. The second-order valence-electron chi connectivity index (χ2n) is 4.11. The topological polar surface area (TPSA) is 41.6 Å². The number of aryl methyl sites for hydroxylation is 1. The van der Waals surface area contributed by atoms with Gasteiger partial charge in [-0.25, -0.2) is 0 Å². The van der Waals surface area contributed by atoms with Crippen molar-refractivity contribution in [1.29, 1.82) is 0 Å². The Labute approximate surface area is 87.9 Å². The standard InChI is InChI=1S/C9H14BF2N3/c1-10-7-5-3-2-4-6-8(9(7,11)12)14-15-13-6/h7,10H,2-5H2,1H3,(H,13,14,15). The van der Waals surface area contributed by atoms with E-state index >= 15 is 0 Å². The number of alkyl halides is 2. The molecule has 1 N–H and O–H groups in total. The van der Waals surface area contributed by atoms with Gasteiger partial charge in [-0.15, -0.1) is 5.10 Å². The van der Waals surface area contributed by atoms with E-state index in [0.29, 0.717) is 25.8 Å². The first kappa shape index (κ1) is 10.6. The molecule has 0 aliphatic heterocycles. The van der Waals surface area contributed by atoms with Crippen LogP contribution < -0.4 is 0 Å². The molecule has 0 fully saturated rings. The van der Waals surface area contributed by atoms with Gasteiger partial charge in [0.05, 0.1) is 5.69 Å². The predicted octanol–water partition coefficient (Wildman–Crippen LogP) is 1.90. The normalized spacial score (nSPS) is 25.1. The summed E-state index contributed by atoms with van der Waals surface area (Å²) >= 11 is 0. The molecule has 0 radical (unpaired) electrons. The van der Waals surface area contributed by atoms with Crippen LogP contribution in [-0.2, 0) is 12.3 Å². The predicted molar refractivity (Wildman–Crippen MR) is 54.6 cm³/mol. The van der Waals surface area contributed by atoms with E-state index in [9.17, 15) is 8.78 Å². The third kappa shape index (κ3) is 1.77. The average molecular weight is 213 g/mol. The van der Waals surface area contributed by atoms with Gasteiger partial charge in [0.15, 0.2) is 5.69 Å². The first-order chi connectivity index (χ1) is 7.16. The highest BCUT2D eigenvalue weighted by Crippen LogP contribution is 2.43. The van der Waals surface area contributed by atoms with E-state index in [1.807, 2.05) is 0 Å². The molecular weight excluding hydrogens is 199 g/mol. The van der Waals surface area contributed by atoms with E-state index in [4.69, 9.17) is 0 Å². The van der Waals surface area contributed by atoms with Gasteiger partial charge in [0, 0.05) is 5.82 Å². The summed E-state index contributed by atoms with van der Waals surface area (Å²) in [7, 11) is 0.485. The highest BCUT2D eigenvalue weighted by atomic mass is 19.3. The minimum atomic E-state index is -2.82. The van der Waals surface area contributed by atoms with Gasteiger partial charge in [-0.1, -0.05) is 24.9 Å². The largest absolute Gasteiger partial charge is 0.289 e. The number of aromatic amines is 1. The smallest absolute Gasteiger partial charge is 0.262 e. The molecule has 1 aromatic heterocycles. The lowest BCUT2D eigenvalue weighted by Gasteiger charge is -2.26. The van der Waals surface area contributed by atoms with Crippen molar-refractivity contribution < 1.29 is 8.78 Å². The van der Waals surface area contributed by atoms with Crippen LogP contribution in [-0.4, -0.2) is 22.7 Å². The Morgan fingerprint density at radius 1 is 1.47 bits per heavy atom. The maximum absolute atomic E-state index is 14.0. The molecule has 82 valence electrons. The summed E-state index contributed by atoms with van der Waals surface area (Å²) in [5, 5.41) is 9.63. The summed E-state index contributed by atoms with van der Waals surface area (Å²) in [4.78, 5) is 0. The summed E-state index contributed by atoms with van der Waals surface area (Å²) in [6.45, 7) is 1.81. The van der Waals surface area contributed by atoms with Gasteiger partial charge in [0.1, 0.15) is 7.28 Å². The van der Waals surface area contributed by atoms with Crippen molar-refractivity contribution >= 4 is 7.28 Å². The van der Waals surface area contributed by atoms with Crippen LogP contribution in [0, 0.1) is 0 Å². The maximum atomic E-state index is 14.0. The Morgan fingerprint density at radius 2 is 2.27 bits per heavy atom. The van der Waals surface area contributed by atoms with Crippen LogP contribution >= 0.6 is 0 Å². The van der Waals surface area contributed by atoms with Gasteiger partial charge >= 0.3 is 0 Å². The number of fused-ring (bicyclic) bond motifs is 1. The van der Waals surface area contributed by atoms with Crippen LogP contribution in [0.25, 0.3) is 0 Å². The molecule has 1 aromatic rings. The van der Waals surface area contributed by atoms with Gasteiger partial charge in [-0.2, -0.15) is 8.78 Å². The Balaban J connectivity index is 2.39. The van der Waals surface area contributed by atoms with Crippen LogP contribution in [0.3, 0.4) is 0 Å². The zero-order valence-corrected chi connectivity index (χ0v) is 8.76. The zero-order valence-electron chi connectivity index (χ0n) is 8.76. The van der Waals surface area contributed by atoms with E-state index in [1.165, 1.54) is 0 Å².